The Balaban J connectivity index is 2.66. The standard InChI is InChI=1S/C15H19ClO/c1-3-5-6-12-15-14(16)11-8-7-10-13(17-15)9-4-2/h1,4-9,13-15H,10-12H2,2H3/t13-,14+,15+/m0/s1. The SMILES string of the molecule is C#CC=CC[C@H]1O[C@@H](C=CC)CC=CC[C@H]1Cl. The molecular formula is C15H19ClO. The van der Waals surface area contributed by atoms with Gasteiger partial charge in [-0.05, 0) is 32.3 Å². The maximum Gasteiger partial charge on any atom is 0.0794 e. The Hall–Kier alpha value is -0.970. The van der Waals surface area contributed by atoms with E-state index in [-0.39, 0.29) is 17.6 Å². The molecule has 1 rings (SSSR count). The molecule has 0 unspecified atom stereocenters. The normalized spacial score (nSPS) is 30.3. The summed E-state index contributed by atoms with van der Waals surface area (Å²) in [5.41, 5.74) is 0. The van der Waals surface area contributed by atoms with E-state index < -0.39 is 0 Å². The number of ether oxygens (including phenoxy) is 1. The van der Waals surface area contributed by atoms with Crippen LogP contribution in [0.1, 0.15) is 26.2 Å². The van der Waals surface area contributed by atoms with Crippen molar-refractivity contribution in [3.05, 3.63) is 36.5 Å². The fraction of sp³-hybridized carbons (Fsp3) is 0.467. The Morgan fingerprint density at radius 1 is 1.47 bits per heavy atom. The van der Waals surface area contributed by atoms with E-state index in [0.717, 1.165) is 19.3 Å². The topological polar surface area (TPSA) is 9.23 Å². The highest BCUT2D eigenvalue weighted by molar-refractivity contribution is 6.21. The molecule has 1 heterocycles. The maximum atomic E-state index is 6.32. The first-order chi connectivity index (χ1) is 8.27. The van der Waals surface area contributed by atoms with E-state index in [4.69, 9.17) is 22.8 Å². The molecule has 0 spiro atoms. The van der Waals surface area contributed by atoms with Gasteiger partial charge in [0.15, 0.2) is 0 Å². The lowest BCUT2D eigenvalue weighted by Crippen LogP contribution is -2.29. The third-order valence-corrected chi connectivity index (χ3v) is 3.10. The van der Waals surface area contributed by atoms with Crippen molar-refractivity contribution < 1.29 is 4.74 Å². The van der Waals surface area contributed by atoms with Crippen molar-refractivity contribution in [2.75, 3.05) is 0 Å². The summed E-state index contributed by atoms with van der Waals surface area (Å²) in [4.78, 5) is 0. The van der Waals surface area contributed by atoms with Gasteiger partial charge in [0.2, 0.25) is 0 Å². The molecule has 0 aromatic rings. The monoisotopic (exact) mass is 250 g/mol. The van der Waals surface area contributed by atoms with E-state index in [1.807, 2.05) is 19.1 Å². The Kier molecular flexibility index (Phi) is 6.77. The third kappa shape index (κ3) is 5.26. The summed E-state index contributed by atoms with van der Waals surface area (Å²) in [6.45, 7) is 2.00. The van der Waals surface area contributed by atoms with Gasteiger partial charge < -0.3 is 4.74 Å². The lowest BCUT2D eigenvalue weighted by molar-refractivity contribution is 0.0129. The summed E-state index contributed by atoms with van der Waals surface area (Å²) in [6, 6.07) is 0. The molecule has 0 aliphatic carbocycles. The molecule has 0 bridgehead atoms. The van der Waals surface area contributed by atoms with Crippen LogP contribution in [0.25, 0.3) is 0 Å². The van der Waals surface area contributed by atoms with E-state index in [9.17, 15) is 0 Å². The van der Waals surface area contributed by atoms with Crippen LogP contribution in [0.3, 0.4) is 0 Å². The molecule has 3 atom stereocenters. The van der Waals surface area contributed by atoms with Gasteiger partial charge in [-0.15, -0.1) is 18.0 Å². The van der Waals surface area contributed by atoms with Gasteiger partial charge in [0.1, 0.15) is 0 Å². The molecule has 0 saturated heterocycles. The van der Waals surface area contributed by atoms with Crippen molar-refractivity contribution in [2.24, 2.45) is 0 Å². The van der Waals surface area contributed by atoms with Gasteiger partial charge in [0, 0.05) is 0 Å². The molecule has 2 heteroatoms. The van der Waals surface area contributed by atoms with E-state index in [1.54, 1.807) is 6.08 Å². The minimum absolute atomic E-state index is 0.00160. The highest BCUT2D eigenvalue weighted by Gasteiger charge is 2.22. The second kappa shape index (κ2) is 8.17. The zero-order chi connectivity index (χ0) is 12.5. The first-order valence-electron chi connectivity index (χ1n) is 5.96. The van der Waals surface area contributed by atoms with E-state index in [1.165, 1.54) is 0 Å². The van der Waals surface area contributed by atoms with Crippen molar-refractivity contribution in [2.45, 2.75) is 43.8 Å². The molecule has 92 valence electrons. The number of allylic oxidation sites excluding steroid dienone is 3. The first-order valence-corrected chi connectivity index (χ1v) is 6.40. The Morgan fingerprint density at radius 3 is 2.94 bits per heavy atom. The van der Waals surface area contributed by atoms with Crippen LogP contribution in [-0.4, -0.2) is 17.6 Å². The van der Waals surface area contributed by atoms with Crippen LogP contribution in [-0.2, 0) is 4.74 Å². The van der Waals surface area contributed by atoms with Crippen molar-refractivity contribution in [3.8, 4) is 12.3 Å². The average Bonchev–Trinajstić information content (AvgIpc) is 2.31. The summed E-state index contributed by atoms with van der Waals surface area (Å²) >= 11 is 6.32. The maximum absolute atomic E-state index is 6.32. The minimum Gasteiger partial charge on any atom is -0.369 e. The highest BCUT2D eigenvalue weighted by atomic mass is 35.5. The summed E-state index contributed by atoms with van der Waals surface area (Å²) < 4.78 is 6.00. The molecule has 0 saturated carbocycles. The summed E-state index contributed by atoms with van der Waals surface area (Å²) in [7, 11) is 0. The van der Waals surface area contributed by atoms with Crippen molar-refractivity contribution in [3.63, 3.8) is 0 Å². The molecule has 17 heavy (non-hydrogen) atoms. The number of alkyl halides is 1. The van der Waals surface area contributed by atoms with Crippen LogP contribution >= 0.6 is 11.6 Å². The molecule has 0 radical (unpaired) electrons. The van der Waals surface area contributed by atoms with Gasteiger partial charge in [-0.25, -0.2) is 0 Å². The molecule has 0 amide bonds. The molecular weight excluding hydrogens is 232 g/mol. The van der Waals surface area contributed by atoms with Gasteiger partial charge in [-0.3, -0.25) is 0 Å². The van der Waals surface area contributed by atoms with Crippen molar-refractivity contribution in [1.29, 1.82) is 0 Å². The second-order valence-corrected chi connectivity index (χ2v) is 4.56. The smallest absolute Gasteiger partial charge is 0.0794 e. The zero-order valence-corrected chi connectivity index (χ0v) is 10.9. The van der Waals surface area contributed by atoms with E-state index >= 15 is 0 Å². The van der Waals surface area contributed by atoms with Gasteiger partial charge in [0.25, 0.3) is 0 Å². The second-order valence-electron chi connectivity index (χ2n) is 4.00. The molecule has 0 aromatic carbocycles. The average molecular weight is 251 g/mol. The van der Waals surface area contributed by atoms with Crippen LogP contribution in [0.4, 0.5) is 0 Å². The van der Waals surface area contributed by atoms with E-state index in [2.05, 4.69) is 24.1 Å². The summed E-state index contributed by atoms with van der Waals surface area (Å²) in [6.07, 6.45) is 19.8. The predicted molar refractivity (Wildman–Crippen MR) is 74.1 cm³/mol. The molecule has 0 fully saturated rings. The molecule has 1 aliphatic heterocycles. The summed E-state index contributed by atoms with van der Waals surface area (Å²) in [5, 5.41) is 0.00160. The highest BCUT2D eigenvalue weighted by Crippen LogP contribution is 2.22. The van der Waals surface area contributed by atoms with Crippen LogP contribution in [0.15, 0.2) is 36.5 Å². The lowest BCUT2D eigenvalue weighted by atomic mass is 10.1. The number of hydrogen-bond donors (Lipinski definition) is 0. The third-order valence-electron chi connectivity index (χ3n) is 2.64. The predicted octanol–water partition coefficient (Wildman–Crippen LogP) is 3.85. The fourth-order valence-electron chi connectivity index (χ4n) is 1.79. The first kappa shape index (κ1) is 14.1. The van der Waals surface area contributed by atoms with Crippen molar-refractivity contribution >= 4 is 11.6 Å². The van der Waals surface area contributed by atoms with Crippen molar-refractivity contribution in [1.82, 2.24) is 0 Å². The lowest BCUT2D eigenvalue weighted by Gasteiger charge is -2.26. The largest absolute Gasteiger partial charge is 0.369 e. The Morgan fingerprint density at radius 2 is 2.24 bits per heavy atom. The molecule has 1 nitrogen and oxygen atoms in total. The van der Waals surface area contributed by atoms with Crippen LogP contribution in [0.2, 0.25) is 0 Å². The van der Waals surface area contributed by atoms with Gasteiger partial charge in [-0.2, -0.15) is 0 Å². The fourth-order valence-corrected chi connectivity index (χ4v) is 2.05. The van der Waals surface area contributed by atoms with Gasteiger partial charge in [0.05, 0.1) is 17.6 Å². The Bertz CT molecular complexity index is 335. The van der Waals surface area contributed by atoms with Crippen LogP contribution in [0.5, 0.6) is 0 Å². The number of terminal acetylenes is 1. The number of hydrogen-bond acceptors (Lipinski definition) is 1. The molecule has 0 aromatic heterocycles. The number of rotatable bonds is 3. The molecule has 1 aliphatic rings. The quantitative estimate of drug-likeness (QED) is 0.420. The summed E-state index contributed by atoms with van der Waals surface area (Å²) in [5.74, 6) is 2.48. The zero-order valence-electron chi connectivity index (χ0n) is 10.2. The van der Waals surface area contributed by atoms with E-state index in [0.29, 0.717) is 0 Å². The minimum atomic E-state index is 0.00160. The Labute approximate surface area is 109 Å². The van der Waals surface area contributed by atoms with Crippen LogP contribution in [0, 0.1) is 12.3 Å². The van der Waals surface area contributed by atoms with Gasteiger partial charge in [-0.1, -0.05) is 36.3 Å². The van der Waals surface area contributed by atoms with Crippen LogP contribution < -0.4 is 0 Å². The number of halogens is 1. The molecule has 0 N–H and O–H groups in total. The van der Waals surface area contributed by atoms with Gasteiger partial charge >= 0.3 is 0 Å².